The normalized spacial score (nSPS) is 21.0. The van der Waals surface area contributed by atoms with Crippen molar-refractivity contribution < 1.29 is 28.7 Å². The average molecular weight is 663 g/mol. The Kier molecular flexibility index (Phi) is 7.13. The van der Waals surface area contributed by atoms with Gasteiger partial charge in [-0.2, -0.15) is 0 Å². The van der Waals surface area contributed by atoms with Gasteiger partial charge in [-0.05, 0) is 58.7 Å². The molecule has 2 saturated heterocycles. The molecule has 4 aromatic rings. The summed E-state index contributed by atoms with van der Waals surface area (Å²) in [6, 6.07) is 28.7. The van der Waals surface area contributed by atoms with E-state index in [0.29, 0.717) is 33.4 Å². The van der Waals surface area contributed by atoms with Gasteiger partial charge in [-0.25, -0.2) is 19.2 Å². The van der Waals surface area contributed by atoms with E-state index < -0.39 is 35.3 Å². The van der Waals surface area contributed by atoms with Crippen LogP contribution in [0.3, 0.4) is 0 Å². The Balaban J connectivity index is 1.33. The van der Waals surface area contributed by atoms with Crippen molar-refractivity contribution in [1.82, 2.24) is 19.6 Å². The number of rotatable bonds is 2. The van der Waals surface area contributed by atoms with Gasteiger partial charge in [-0.1, -0.05) is 84.3 Å². The summed E-state index contributed by atoms with van der Waals surface area (Å²) >= 11 is 0. The molecule has 4 aliphatic heterocycles. The second-order valence-corrected chi connectivity index (χ2v) is 12.4. The van der Waals surface area contributed by atoms with Crippen LogP contribution in [0.4, 0.5) is 9.59 Å². The first kappa shape index (κ1) is 30.8. The topological polar surface area (TPSA) is 99.7 Å². The maximum absolute atomic E-state index is 14.9. The summed E-state index contributed by atoms with van der Waals surface area (Å²) in [6.45, 7) is -0.435. The van der Waals surface area contributed by atoms with Crippen molar-refractivity contribution in [2.24, 2.45) is 0 Å². The molecule has 2 unspecified atom stereocenters. The SMILES string of the molecule is COC(=O)C12N3Cc4cccc(C#Cc5ccccc5)c4CN1C(=O)N1Cc4cccc(C#Cc5ccccc5)c4CN(C3=O)C12C(=O)OC. The van der Waals surface area contributed by atoms with Crippen LogP contribution in [0.2, 0.25) is 0 Å². The fourth-order valence-corrected chi connectivity index (χ4v) is 7.78. The van der Waals surface area contributed by atoms with E-state index in [1.807, 2.05) is 97.1 Å². The molecule has 2 atom stereocenters. The molecule has 4 aliphatic rings. The molecule has 4 amide bonds. The van der Waals surface area contributed by atoms with Gasteiger partial charge in [-0.3, -0.25) is 19.6 Å². The van der Waals surface area contributed by atoms with Crippen LogP contribution in [-0.2, 0) is 45.2 Å². The zero-order chi connectivity index (χ0) is 34.6. The molecule has 0 bridgehead atoms. The second-order valence-electron chi connectivity index (χ2n) is 12.4. The summed E-state index contributed by atoms with van der Waals surface area (Å²) in [5, 5.41) is 0. The highest BCUT2D eigenvalue weighted by Crippen LogP contribution is 2.57. The van der Waals surface area contributed by atoms with Gasteiger partial charge >= 0.3 is 24.0 Å². The molecule has 8 rings (SSSR count). The van der Waals surface area contributed by atoms with Crippen LogP contribution < -0.4 is 0 Å². The highest BCUT2D eigenvalue weighted by Gasteiger charge is 2.87. The summed E-state index contributed by atoms with van der Waals surface area (Å²) in [7, 11) is 2.37. The van der Waals surface area contributed by atoms with Crippen LogP contribution >= 0.6 is 0 Å². The molecular formula is C40H30N4O6. The summed E-state index contributed by atoms with van der Waals surface area (Å²) in [6.07, 6.45) is 0. The smallest absolute Gasteiger partial charge is 0.358 e. The number of hydrogen-bond donors (Lipinski definition) is 0. The molecule has 4 heterocycles. The Morgan fingerprint density at radius 1 is 0.520 bits per heavy atom. The molecule has 0 aromatic heterocycles. The molecule has 10 nitrogen and oxygen atoms in total. The number of carbonyl (C=O) groups excluding carboxylic acids is 4. The number of amides is 4. The van der Waals surface area contributed by atoms with E-state index in [1.165, 1.54) is 33.8 Å². The molecule has 0 radical (unpaired) electrons. The van der Waals surface area contributed by atoms with Gasteiger partial charge in [0.1, 0.15) is 0 Å². The summed E-state index contributed by atoms with van der Waals surface area (Å²) in [5.41, 5.74) is 1.10. The largest absolute Gasteiger partial charge is 0.466 e. The Morgan fingerprint density at radius 2 is 0.900 bits per heavy atom. The van der Waals surface area contributed by atoms with Crippen molar-refractivity contribution >= 4 is 24.0 Å². The number of carbonyl (C=O) groups is 4. The Morgan fingerprint density at radius 3 is 1.28 bits per heavy atom. The third kappa shape index (κ3) is 4.12. The molecular weight excluding hydrogens is 632 g/mol. The van der Waals surface area contributed by atoms with Gasteiger partial charge in [0.2, 0.25) is 0 Å². The van der Waals surface area contributed by atoms with Crippen LogP contribution in [0.25, 0.3) is 0 Å². The number of esters is 2. The van der Waals surface area contributed by atoms with Gasteiger partial charge in [0, 0.05) is 22.3 Å². The number of benzene rings is 4. The van der Waals surface area contributed by atoms with E-state index in [0.717, 1.165) is 11.1 Å². The van der Waals surface area contributed by atoms with Crippen LogP contribution in [0, 0.1) is 23.7 Å². The van der Waals surface area contributed by atoms with E-state index in [4.69, 9.17) is 9.47 Å². The molecule has 0 spiro atoms. The third-order valence-corrected chi connectivity index (χ3v) is 9.98. The minimum absolute atomic E-state index is 0.0979. The number of methoxy groups -OCH3 is 2. The van der Waals surface area contributed by atoms with E-state index in [-0.39, 0.29) is 26.2 Å². The molecule has 2 fully saturated rings. The minimum Gasteiger partial charge on any atom is -0.466 e. The predicted molar refractivity (Wildman–Crippen MR) is 180 cm³/mol. The van der Waals surface area contributed by atoms with Gasteiger partial charge < -0.3 is 9.47 Å². The minimum atomic E-state index is -2.23. The van der Waals surface area contributed by atoms with Crippen molar-refractivity contribution in [2.75, 3.05) is 14.2 Å². The van der Waals surface area contributed by atoms with Crippen LogP contribution in [0.15, 0.2) is 97.1 Å². The summed E-state index contributed by atoms with van der Waals surface area (Å²) in [5.74, 6) is 10.9. The zero-order valence-corrected chi connectivity index (χ0v) is 27.3. The molecule has 10 heteroatoms. The summed E-state index contributed by atoms with van der Waals surface area (Å²) in [4.78, 5) is 63.9. The number of fused-ring (bicyclic) bond motifs is 2. The van der Waals surface area contributed by atoms with E-state index in [2.05, 4.69) is 23.7 Å². The zero-order valence-electron chi connectivity index (χ0n) is 27.3. The fraction of sp³-hybridized carbons (Fsp3) is 0.200. The number of hydrogen-bond acceptors (Lipinski definition) is 6. The molecule has 0 N–H and O–H groups in total. The first-order chi connectivity index (χ1) is 24.4. The van der Waals surface area contributed by atoms with Crippen molar-refractivity contribution in [3.63, 3.8) is 0 Å². The van der Waals surface area contributed by atoms with Gasteiger partial charge in [0.25, 0.3) is 11.3 Å². The van der Waals surface area contributed by atoms with Crippen LogP contribution in [0.1, 0.15) is 44.5 Å². The van der Waals surface area contributed by atoms with E-state index >= 15 is 0 Å². The maximum atomic E-state index is 14.9. The number of nitrogens with zero attached hydrogens (tertiary/aromatic N) is 4. The second kappa shape index (κ2) is 11.6. The lowest BCUT2D eigenvalue weighted by Crippen LogP contribution is -2.74. The maximum Gasteiger partial charge on any atom is 0.358 e. The monoisotopic (exact) mass is 662 g/mol. The number of urea groups is 2. The van der Waals surface area contributed by atoms with Gasteiger partial charge in [-0.15, -0.1) is 0 Å². The van der Waals surface area contributed by atoms with Crippen LogP contribution in [0.5, 0.6) is 0 Å². The lowest BCUT2D eigenvalue weighted by molar-refractivity contribution is -0.188. The Hall–Kier alpha value is -6.52. The quantitative estimate of drug-likeness (QED) is 0.233. The first-order valence-electron chi connectivity index (χ1n) is 16.1. The van der Waals surface area contributed by atoms with Gasteiger partial charge in [0.05, 0.1) is 40.4 Å². The molecule has 0 aliphatic carbocycles. The average Bonchev–Trinajstić information content (AvgIpc) is 3.31. The predicted octanol–water partition coefficient (Wildman–Crippen LogP) is 4.43. The fourth-order valence-electron chi connectivity index (χ4n) is 7.78. The highest BCUT2D eigenvalue weighted by atomic mass is 16.5. The Bertz CT molecular complexity index is 2070. The molecule has 246 valence electrons. The van der Waals surface area contributed by atoms with Gasteiger partial charge in [0.15, 0.2) is 0 Å². The third-order valence-electron chi connectivity index (χ3n) is 9.98. The van der Waals surface area contributed by atoms with E-state index in [9.17, 15) is 19.2 Å². The van der Waals surface area contributed by atoms with Crippen molar-refractivity contribution in [2.45, 2.75) is 37.5 Å². The lowest BCUT2D eigenvalue weighted by atomic mass is 9.90. The van der Waals surface area contributed by atoms with E-state index in [1.54, 1.807) is 0 Å². The molecule has 50 heavy (non-hydrogen) atoms. The lowest BCUT2D eigenvalue weighted by Gasteiger charge is -2.43. The summed E-state index contributed by atoms with van der Waals surface area (Å²) < 4.78 is 10.9. The molecule has 4 aromatic carbocycles. The van der Waals surface area contributed by atoms with Crippen molar-refractivity contribution in [3.8, 4) is 23.7 Å². The van der Waals surface area contributed by atoms with Crippen molar-refractivity contribution in [3.05, 3.63) is 142 Å². The first-order valence-corrected chi connectivity index (χ1v) is 16.1. The molecule has 0 saturated carbocycles. The van der Waals surface area contributed by atoms with Crippen LogP contribution in [-0.4, -0.2) is 69.1 Å². The number of ether oxygens (including phenoxy) is 2. The highest BCUT2D eigenvalue weighted by molar-refractivity contribution is 6.09. The van der Waals surface area contributed by atoms with Crippen molar-refractivity contribution in [1.29, 1.82) is 0 Å². The standard InChI is InChI=1S/C40H30N4O6/c1-49-35(45)39-40(36(46)50-2)42-24-32-18-10-16-30(22-20-28-13-7-4-8-14-28)34(32)26-44(40)37(47)41(39)23-31-17-9-15-29(33(31)25-43(39)38(42)48)21-19-27-11-5-3-6-12-27/h3-18H,23-26H2,1-2H3. The Labute approximate surface area is 288 Å².